The van der Waals surface area contributed by atoms with Crippen LogP contribution in [-0.4, -0.2) is 17.6 Å². The molecular weight excluding hydrogens is 276 g/mol. The number of H-pyrrole nitrogens is 1. The Hall–Kier alpha value is -2.25. The Labute approximate surface area is 121 Å². The molecule has 0 bridgehead atoms. The lowest BCUT2D eigenvalue weighted by Crippen LogP contribution is -2.37. The zero-order valence-corrected chi connectivity index (χ0v) is 11.6. The molecule has 0 fully saturated rings. The standard InChI is InChI=1S/C15H13ClN2O2/c1-2-20-14(19)15(10-17,13-4-3-9-18-13)11-5-7-12(16)8-6-11/h3-9,18H,2H2,1H3. The Kier molecular flexibility index (Phi) is 4.11. The van der Waals surface area contributed by atoms with Crippen molar-refractivity contribution in [2.24, 2.45) is 0 Å². The SMILES string of the molecule is CCOC(=O)C(C#N)(c1ccc(Cl)cc1)c1ccc[nH]1. The van der Waals surface area contributed by atoms with Gasteiger partial charge in [-0.2, -0.15) is 5.26 Å². The average molecular weight is 289 g/mol. The molecule has 1 atom stereocenters. The molecule has 0 spiro atoms. The number of esters is 1. The van der Waals surface area contributed by atoms with Crippen LogP contribution >= 0.6 is 11.6 Å². The second-order valence-electron chi connectivity index (χ2n) is 4.17. The monoisotopic (exact) mass is 288 g/mol. The highest BCUT2D eigenvalue weighted by molar-refractivity contribution is 6.30. The molecule has 4 nitrogen and oxygen atoms in total. The first-order valence-corrected chi connectivity index (χ1v) is 6.51. The molecule has 0 saturated heterocycles. The Morgan fingerprint density at radius 1 is 1.40 bits per heavy atom. The van der Waals surface area contributed by atoms with Crippen molar-refractivity contribution in [3.05, 3.63) is 58.9 Å². The van der Waals surface area contributed by atoms with E-state index < -0.39 is 11.4 Å². The minimum atomic E-state index is -1.51. The number of ether oxygens (including phenoxy) is 1. The first-order chi connectivity index (χ1) is 9.65. The predicted octanol–water partition coefficient (Wildman–Crippen LogP) is 3.04. The summed E-state index contributed by atoms with van der Waals surface area (Å²) in [5.74, 6) is -0.604. The summed E-state index contributed by atoms with van der Waals surface area (Å²) in [5, 5.41) is 10.2. The molecule has 1 aromatic carbocycles. The normalized spacial score (nSPS) is 13.2. The highest BCUT2D eigenvalue weighted by Gasteiger charge is 2.45. The van der Waals surface area contributed by atoms with Crippen molar-refractivity contribution < 1.29 is 9.53 Å². The van der Waals surface area contributed by atoms with Crippen molar-refractivity contribution >= 4 is 17.6 Å². The van der Waals surface area contributed by atoms with Gasteiger partial charge in [0.1, 0.15) is 0 Å². The fraction of sp³-hybridized carbons (Fsp3) is 0.200. The van der Waals surface area contributed by atoms with Crippen molar-refractivity contribution in [1.82, 2.24) is 4.98 Å². The van der Waals surface area contributed by atoms with Crippen LogP contribution in [0.1, 0.15) is 18.2 Å². The van der Waals surface area contributed by atoms with E-state index in [1.54, 1.807) is 49.5 Å². The second kappa shape index (κ2) is 5.81. The van der Waals surface area contributed by atoms with E-state index in [2.05, 4.69) is 11.1 Å². The Balaban J connectivity index is 2.62. The van der Waals surface area contributed by atoms with Crippen molar-refractivity contribution in [3.8, 4) is 6.07 Å². The van der Waals surface area contributed by atoms with Gasteiger partial charge < -0.3 is 9.72 Å². The molecule has 5 heteroatoms. The number of nitriles is 1. The average Bonchev–Trinajstić information content (AvgIpc) is 2.97. The minimum absolute atomic E-state index is 0.205. The Morgan fingerprint density at radius 2 is 2.10 bits per heavy atom. The molecule has 0 amide bonds. The van der Waals surface area contributed by atoms with Crippen molar-refractivity contribution in [2.75, 3.05) is 6.61 Å². The largest absolute Gasteiger partial charge is 0.464 e. The van der Waals surface area contributed by atoms with Crippen LogP contribution in [0.3, 0.4) is 0 Å². The van der Waals surface area contributed by atoms with Gasteiger partial charge in [-0.25, -0.2) is 4.79 Å². The molecule has 0 saturated carbocycles. The highest BCUT2D eigenvalue weighted by Crippen LogP contribution is 2.33. The summed E-state index contributed by atoms with van der Waals surface area (Å²) in [5.41, 5.74) is -0.518. The predicted molar refractivity (Wildman–Crippen MR) is 75.3 cm³/mol. The summed E-state index contributed by atoms with van der Waals surface area (Å²) >= 11 is 5.86. The molecule has 0 aliphatic heterocycles. The number of nitrogens with one attached hydrogen (secondary N) is 1. The van der Waals surface area contributed by atoms with Gasteiger partial charge in [-0.05, 0) is 36.8 Å². The molecule has 0 aliphatic rings. The molecule has 1 N–H and O–H groups in total. The molecular formula is C15H13ClN2O2. The van der Waals surface area contributed by atoms with Gasteiger partial charge in [0, 0.05) is 11.2 Å². The van der Waals surface area contributed by atoms with Crippen LogP contribution in [0.5, 0.6) is 0 Å². The van der Waals surface area contributed by atoms with Crippen LogP contribution in [0.4, 0.5) is 0 Å². The third kappa shape index (κ3) is 2.28. The molecule has 1 unspecified atom stereocenters. The number of halogens is 1. The van der Waals surface area contributed by atoms with E-state index >= 15 is 0 Å². The topological polar surface area (TPSA) is 65.9 Å². The lowest BCUT2D eigenvalue weighted by atomic mass is 9.79. The summed E-state index contributed by atoms with van der Waals surface area (Å²) in [7, 11) is 0. The maximum absolute atomic E-state index is 12.4. The van der Waals surface area contributed by atoms with E-state index in [4.69, 9.17) is 16.3 Å². The van der Waals surface area contributed by atoms with Crippen LogP contribution in [0.2, 0.25) is 5.02 Å². The molecule has 2 aromatic rings. The second-order valence-corrected chi connectivity index (χ2v) is 4.61. The summed E-state index contributed by atoms with van der Waals surface area (Å²) in [6.07, 6.45) is 1.66. The molecule has 1 heterocycles. The number of rotatable bonds is 4. The minimum Gasteiger partial charge on any atom is -0.464 e. The van der Waals surface area contributed by atoms with E-state index in [1.807, 2.05) is 0 Å². The summed E-state index contributed by atoms with van der Waals surface area (Å²) in [4.78, 5) is 15.3. The highest BCUT2D eigenvalue weighted by atomic mass is 35.5. The van der Waals surface area contributed by atoms with Gasteiger partial charge in [0.25, 0.3) is 0 Å². The van der Waals surface area contributed by atoms with Gasteiger partial charge in [-0.1, -0.05) is 23.7 Å². The molecule has 20 heavy (non-hydrogen) atoms. The van der Waals surface area contributed by atoms with Crippen LogP contribution in [-0.2, 0) is 14.9 Å². The zero-order valence-electron chi connectivity index (χ0n) is 10.9. The zero-order chi connectivity index (χ0) is 14.6. The van der Waals surface area contributed by atoms with Crippen LogP contribution < -0.4 is 0 Å². The first-order valence-electron chi connectivity index (χ1n) is 6.13. The molecule has 1 aromatic heterocycles. The number of carbonyl (C=O) groups excluding carboxylic acids is 1. The summed E-state index contributed by atoms with van der Waals surface area (Å²) in [6, 6.07) is 12.1. The first kappa shape index (κ1) is 14.2. The maximum Gasteiger partial charge on any atom is 0.337 e. The third-order valence-electron chi connectivity index (χ3n) is 3.03. The lowest BCUT2D eigenvalue weighted by Gasteiger charge is -2.24. The smallest absolute Gasteiger partial charge is 0.337 e. The van der Waals surface area contributed by atoms with Crippen LogP contribution in [0.25, 0.3) is 0 Å². The number of carbonyl (C=O) groups is 1. The fourth-order valence-electron chi connectivity index (χ4n) is 2.06. The van der Waals surface area contributed by atoms with Crippen molar-refractivity contribution in [1.29, 1.82) is 5.26 Å². The van der Waals surface area contributed by atoms with E-state index in [0.29, 0.717) is 16.3 Å². The van der Waals surface area contributed by atoms with Gasteiger partial charge in [-0.3, -0.25) is 0 Å². The number of hydrogen-bond donors (Lipinski definition) is 1. The number of benzene rings is 1. The van der Waals surface area contributed by atoms with Gasteiger partial charge in [0.2, 0.25) is 5.41 Å². The molecule has 0 radical (unpaired) electrons. The van der Waals surface area contributed by atoms with E-state index in [0.717, 1.165) is 0 Å². The van der Waals surface area contributed by atoms with Crippen LogP contribution in [0, 0.1) is 11.3 Å². The number of aromatic amines is 1. The van der Waals surface area contributed by atoms with Gasteiger partial charge >= 0.3 is 5.97 Å². The van der Waals surface area contributed by atoms with Gasteiger partial charge in [-0.15, -0.1) is 0 Å². The van der Waals surface area contributed by atoms with E-state index in [1.165, 1.54) is 0 Å². The quantitative estimate of drug-likeness (QED) is 0.879. The van der Waals surface area contributed by atoms with Crippen molar-refractivity contribution in [2.45, 2.75) is 12.3 Å². The molecule has 2 rings (SSSR count). The number of hydrogen-bond acceptors (Lipinski definition) is 3. The van der Waals surface area contributed by atoms with E-state index in [9.17, 15) is 10.1 Å². The Morgan fingerprint density at radius 3 is 2.60 bits per heavy atom. The number of aromatic nitrogens is 1. The fourth-order valence-corrected chi connectivity index (χ4v) is 2.18. The summed E-state index contributed by atoms with van der Waals surface area (Å²) in [6.45, 7) is 1.91. The van der Waals surface area contributed by atoms with E-state index in [-0.39, 0.29) is 6.61 Å². The van der Waals surface area contributed by atoms with Crippen molar-refractivity contribution in [3.63, 3.8) is 0 Å². The lowest BCUT2D eigenvalue weighted by molar-refractivity contribution is -0.146. The van der Waals surface area contributed by atoms with Gasteiger partial charge in [0.15, 0.2) is 0 Å². The number of nitrogens with zero attached hydrogens (tertiary/aromatic N) is 1. The van der Waals surface area contributed by atoms with Gasteiger partial charge in [0.05, 0.1) is 18.4 Å². The molecule has 102 valence electrons. The third-order valence-corrected chi connectivity index (χ3v) is 3.28. The summed E-state index contributed by atoms with van der Waals surface area (Å²) < 4.78 is 5.09. The molecule has 0 aliphatic carbocycles. The maximum atomic E-state index is 12.4. The Bertz CT molecular complexity index is 629. The van der Waals surface area contributed by atoms with Crippen LogP contribution in [0.15, 0.2) is 42.6 Å².